The van der Waals surface area contributed by atoms with Crippen LogP contribution in [-0.4, -0.2) is 17.8 Å². The summed E-state index contributed by atoms with van der Waals surface area (Å²) in [7, 11) is 0. The summed E-state index contributed by atoms with van der Waals surface area (Å²) in [5, 5.41) is 0. The molecule has 0 fully saturated rings. The first kappa shape index (κ1) is 12.7. The van der Waals surface area contributed by atoms with E-state index >= 15 is 0 Å². The van der Waals surface area contributed by atoms with Gasteiger partial charge in [-0.15, -0.1) is 0 Å². The zero-order valence-electron chi connectivity index (χ0n) is 8.43. The fourth-order valence-corrected chi connectivity index (χ4v) is 2.04. The van der Waals surface area contributed by atoms with Crippen LogP contribution in [0.15, 0.2) is 22.7 Å². The van der Waals surface area contributed by atoms with Crippen molar-refractivity contribution in [1.29, 1.82) is 0 Å². The molecule has 0 heterocycles. The van der Waals surface area contributed by atoms with Gasteiger partial charge in [0.1, 0.15) is 11.6 Å². The minimum Gasteiger partial charge on any atom is -0.299 e. The Morgan fingerprint density at radius 2 is 2.27 bits per heavy atom. The first-order valence-electron chi connectivity index (χ1n) is 4.58. The number of Topliss-reactive ketones (excluding diaryl/α,β-unsaturated/α-hetero) is 1. The van der Waals surface area contributed by atoms with Crippen LogP contribution in [0.1, 0.15) is 12.0 Å². The Bertz CT molecular complexity index is 354. The van der Waals surface area contributed by atoms with E-state index in [2.05, 4.69) is 15.9 Å². The number of halogens is 2. The smallest absolute Gasteiger partial charge is 0.138 e. The fourth-order valence-electron chi connectivity index (χ4n) is 1.20. The standard InChI is InChI=1S/C11H12BrFOS/c1-15-5-4-10(14)7-8-6-9(12)2-3-11(8)13/h2-3,6H,4-5,7H2,1H3. The molecule has 82 valence electrons. The molecule has 0 aliphatic carbocycles. The minimum atomic E-state index is -0.310. The van der Waals surface area contributed by atoms with E-state index in [9.17, 15) is 9.18 Å². The van der Waals surface area contributed by atoms with Gasteiger partial charge in [-0.1, -0.05) is 15.9 Å². The van der Waals surface area contributed by atoms with E-state index in [1.165, 1.54) is 6.07 Å². The van der Waals surface area contributed by atoms with Crippen molar-refractivity contribution >= 4 is 33.5 Å². The topological polar surface area (TPSA) is 17.1 Å². The maximum absolute atomic E-state index is 13.3. The van der Waals surface area contributed by atoms with Crippen LogP contribution in [0.3, 0.4) is 0 Å². The van der Waals surface area contributed by atoms with Gasteiger partial charge in [-0.05, 0) is 35.8 Å². The maximum atomic E-state index is 13.3. The molecule has 0 amide bonds. The fraction of sp³-hybridized carbons (Fsp3) is 0.364. The number of carbonyl (C=O) groups excluding carboxylic acids is 1. The zero-order valence-corrected chi connectivity index (χ0v) is 10.8. The van der Waals surface area contributed by atoms with E-state index in [1.807, 2.05) is 6.26 Å². The van der Waals surface area contributed by atoms with E-state index in [-0.39, 0.29) is 18.0 Å². The third-order valence-electron chi connectivity index (χ3n) is 1.98. The van der Waals surface area contributed by atoms with Gasteiger partial charge in [0, 0.05) is 17.3 Å². The molecule has 0 N–H and O–H groups in total. The predicted octanol–water partition coefficient (Wildman–Crippen LogP) is 3.45. The Kier molecular flexibility index (Phi) is 5.32. The molecule has 0 aromatic heterocycles. The van der Waals surface area contributed by atoms with Gasteiger partial charge in [-0.3, -0.25) is 4.79 Å². The summed E-state index contributed by atoms with van der Waals surface area (Å²) in [5.74, 6) is 0.575. The summed E-state index contributed by atoms with van der Waals surface area (Å²) in [4.78, 5) is 11.4. The molecule has 0 aliphatic rings. The maximum Gasteiger partial charge on any atom is 0.138 e. The lowest BCUT2D eigenvalue weighted by Crippen LogP contribution is -2.05. The molecule has 1 rings (SSSR count). The Morgan fingerprint density at radius 1 is 1.53 bits per heavy atom. The first-order chi connectivity index (χ1) is 7.13. The highest BCUT2D eigenvalue weighted by molar-refractivity contribution is 9.10. The van der Waals surface area contributed by atoms with Gasteiger partial charge in [0.15, 0.2) is 0 Å². The summed E-state index contributed by atoms with van der Waals surface area (Å²) in [6.07, 6.45) is 2.64. The average Bonchev–Trinajstić information content (AvgIpc) is 2.20. The van der Waals surface area contributed by atoms with Gasteiger partial charge in [0.2, 0.25) is 0 Å². The lowest BCUT2D eigenvalue weighted by atomic mass is 10.1. The van der Waals surface area contributed by atoms with Gasteiger partial charge in [0.05, 0.1) is 0 Å². The molecule has 0 radical (unpaired) electrons. The number of rotatable bonds is 5. The number of ketones is 1. The van der Waals surface area contributed by atoms with Crippen LogP contribution in [0, 0.1) is 5.82 Å². The summed E-state index contributed by atoms with van der Waals surface area (Å²) in [6, 6.07) is 4.67. The molecule has 1 aromatic rings. The Hall–Kier alpha value is -0.350. The van der Waals surface area contributed by atoms with Crippen molar-refractivity contribution in [3.05, 3.63) is 34.1 Å². The van der Waals surface area contributed by atoms with Gasteiger partial charge in [-0.2, -0.15) is 11.8 Å². The zero-order chi connectivity index (χ0) is 11.3. The van der Waals surface area contributed by atoms with Gasteiger partial charge < -0.3 is 0 Å². The normalized spacial score (nSPS) is 10.3. The second-order valence-corrected chi connectivity index (χ2v) is 5.10. The minimum absolute atomic E-state index is 0.0846. The molecular formula is C11H12BrFOS. The molecule has 0 bridgehead atoms. The van der Waals surface area contributed by atoms with Crippen LogP contribution in [0.2, 0.25) is 0 Å². The average molecular weight is 291 g/mol. The Morgan fingerprint density at radius 3 is 2.93 bits per heavy atom. The third-order valence-corrected chi connectivity index (χ3v) is 3.09. The van der Waals surface area contributed by atoms with Gasteiger partial charge in [0.25, 0.3) is 0 Å². The van der Waals surface area contributed by atoms with Crippen molar-refractivity contribution in [2.24, 2.45) is 0 Å². The van der Waals surface area contributed by atoms with Crippen LogP contribution in [0.5, 0.6) is 0 Å². The lowest BCUT2D eigenvalue weighted by Gasteiger charge is -2.03. The largest absolute Gasteiger partial charge is 0.299 e. The Balaban J connectivity index is 2.63. The predicted molar refractivity (Wildman–Crippen MR) is 65.8 cm³/mol. The summed E-state index contributed by atoms with van der Waals surface area (Å²) < 4.78 is 14.1. The molecule has 0 saturated heterocycles. The van der Waals surface area contributed by atoms with Crippen molar-refractivity contribution in [2.75, 3.05) is 12.0 Å². The van der Waals surface area contributed by atoms with Gasteiger partial charge in [-0.25, -0.2) is 4.39 Å². The van der Waals surface area contributed by atoms with Crippen LogP contribution in [0.4, 0.5) is 4.39 Å². The van der Waals surface area contributed by atoms with Crippen molar-refractivity contribution in [3.63, 3.8) is 0 Å². The van der Waals surface area contributed by atoms with E-state index < -0.39 is 0 Å². The Labute approximate surface area is 102 Å². The third kappa shape index (κ3) is 4.34. The second kappa shape index (κ2) is 6.28. The second-order valence-electron chi connectivity index (χ2n) is 3.19. The summed E-state index contributed by atoms with van der Waals surface area (Å²) in [5.41, 5.74) is 0.468. The van der Waals surface area contributed by atoms with Crippen LogP contribution in [0.25, 0.3) is 0 Å². The molecule has 1 nitrogen and oxygen atoms in total. The highest BCUT2D eigenvalue weighted by atomic mass is 79.9. The van der Waals surface area contributed by atoms with Crippen LogP contribution >= 0.6 is 27.7 Å². The van der Waals surface area contributed by atoms with Gasteiger partial charge >= 0.3 is 0 Å². The molecule has 15 heavy (non-hydrogen) atoms. The van der Waals surface area contributed by atoms with Crippen molar-refractivity contribution in [2.45, 2.75) is 12.8 Å². The lowest BCUT2D eigenvalue weighted by molar-refractivity contribution is -0.118. The first-order valence-corrected chi connectivity index (χ1v) is 6.76. The number of hydrogen-bond acceptors (Lipinski definition) is 2. The summed E-state index contributed by atoms with van der Waals surface area (Å²) >= 11 is 4.88. The molecule has 1 aromatic carbocycles. The highest BCUT2D eigenvalue weighted by Crippen LogP contribution is 2.16. The molecule has 0 saturated carbocycles. The number of carbonyl (C=O) groups is 1. The monoisotopic (exact) mass is 290 g/mol. The van der Waals surface area contributed by atoms with E-state index in [1.54, 1.807) is 23.9 Å². The van der Waals surface area contributed by atoms with Crippen molar-refractivity contribution in [1.82, 2.24) is 0 Å². The van der Waals surface area contributed by atoms with E-state index in [0.717, 1.165) is 10.2 Å². The van der Waals surface area contributed by atoms with Crippen LogP contribution < -0.4 is 0 Å². The number of benzene rings is 1. The molecular weight excluding hydrogens is 279 g/mol. The SMILES string of the molecule is CSCCC(=O)Cc1cc(Br)ccc1F. The molecule has 0 aliphatic heterocycles. The van der Waals surface area contributed by atoms with Crippen molar-refractivity contribution < 1.29 is 9.18 Å². The van der Waals surface area contributed by atoms with Crippen LogP contribution in [-0.2, 0) is 11.2 Å². The number of thioether (sulfide) groups is 1. The molecule has 0 spiro atoms. The molecule has 0 unspecified atom stereocenters. The van der Waals surface area contributed by atoms with E-state index in [0.29, 0.717) is 12.0 Å². The van der Waals surface area contributed by atoms with Crippen molar-refractivity contribution in [3.8, 4) is 0 Å². The van der Waals surface area contributed by atoms with E-state index in [4.69, 9.17) is 0 Å². The molecule has 4 heteroatoms. The summed E-state index contributed by atoms with van der Waals surface area (Å²) in [6.45, 7) is 0. The molecule has 0 atom stereocenters. The highest BCUT2D eigenvalue weighted by Gasteiger charge is 2.08. The quantitative estimate of drug-likeness (QED) is 0.826. The number of hydrogen-bond donors (Lipinski definition) is 0.